The van der Waals surface area contributed by atoms with Crippen LogP contribution in [0.1, 0.15) is 50.5 Å². The smallest absolute Gasteiger partial charge is 0.224 e. The van der Waals surface area contributed by atoms with E-state index in [1.165, 1.54) is 44.6 Å². The fourth-order valence-electron chi connectivity index (χ4n) is 5.94. The minimum Gasteiger partial charge on any atom is -0.356 e. The minimum atomic E-state index is -0.288. The van der Waals surface area contributed by atoms with Gasteiger partial charge in [-0.25, -0.2) is 4.39 Å². The molecule has 1 aromatic rings. The molecule has 0 aromatic heterocycles. The van der Waals surface area contributed by atoms with E-state index in [9.17, 15) is 9.18 Å². The molecule has 1 N–H and O–H groups in total. The highest BCUT2D eigenvalue weighted by Gasteiger charge is 2.50. The average Bonchev–Trinajstić information content (AvgIpc) is 2.48. The van der Waals surface area contributed by atoms with E-state index in [1.54, 1.807) is 18.2 Å². The maximum absolute atomic E-state index is 13.6. The zero-order valence-electron chi connectivity index (χ0n) is 13.7. The fourth-order valence-corrected chi connectivity index (χ4v) is 5.94. The topological polar surface area (TPSA) is 29.1 Å². The van der Waals surface area contributed by atoms with Crippen LogP contribution < -0.4 is 5.32 Å². The molecule has 4 bridgehead atoms. The van der Waals surface area contributed by atoms with Crippen molar-refractivity contribution in [2.24, 2.45) is 23.2 Å². The van der Waals surface area contributed by atoms with Crippen LogP contribution >= 0.6 is 0 Å². The third-order valence-electron chi connectivity index (χ3n) is 6.45. The second-order valence-corrected chi connectivity index (χ2v) is 8.29. The van der Waals surface area contributed by atoms with Crippen molar-refractivity contribution in [3.05, 3.63) is 35.6 Å². The summed E-state index contributed by atoms with van der Waals surface area (Å²) in [5.74, 6) is 2.52. The molecule has 4 aliphatic rings. The van der Waals surface area contributed by atoms with Crippen molar-refractivity contribution in [2.75, 3.05) is 6.54 Å². The van der Waals surface area contributed by atoms with Crippen molar-refractivity contribution < 1.29 is 9.18 Å². The van der Waals surface area contributed by atoms with E-state index < -0.39 is 0 Å². The van der Waals surface area contributed by atoms with Crippen LogP contribution in [0.25, 0.3) is 0 Å². The van der Waals surface area contributed by atoms with Gasteiger partial charge in [0.2, 0.25) is 5.91 Å². The van der Waals surface area contributed by atoms with Gasteiger partial charge in [-0.3, -0.25) is 4.79 Å². The molecule has 5 rings (SSSR count). The third kappa shape index (κ3) is 3.15. The molecular weight excluding hydrogens is 289 g/mol. The number of carbonyl (C=O) groups excluding carboxylic acids is 1. The average molecular weight is 315 g/mol. The predicted octanol–water partition coefficient (Wildman–Crippen LogP) is 4.09. The van der Waals surface area contributed by atoms with Gasteiger partial charge >= 0.3 is 0 Å². The molecule has 4 saturated carbocycles. The number of amides is 1. The zero-order valence-corrected chi connectivity index (χ0v) is 13.7. The van der Waals surface area contributed by atoms with E-state index in [0.717, 1.165) is 30.7 Å². The summed E-state index contributed by atoms with van der Waals surface area (Å²) >= 11 is 0. The van der Waals surface area contributed by atoms with Crippen LogP contribution in [0.15, 0.2) is 24.3 Å². The van der Waals surface area contributed by atoms with E-state index in [-0.39, 0.29) is 18.1 Å². The number of hydrogen-bond donors (Lipinski definition) is 1. The number of rotatable bonds is 5. The van der Waals surface area contributed by atoms with Crippen molar-refractivity contribution in [3.8, 4) is 0 Å². The van der Waals surface area contributed by atoms with Crippen molar-refractivity contribution in [2.45, 2.75) is 51.4 Å². The Balaban J connectivity index is 1.29. The lowest BCUT2D eigenvalue weighted by molar-refractivity contribution is -0.120. The summed E-state index contributed by atoms with van der Waals surface area (Å²) in [5, 5.41) is 3.03. The van der Waals surface area contributed by atoms with E-state index in [4.69, 9.17) is 0 Å². The molecule has 0 atom stereocenters. The first-order valence-corrected chi connectivity index (χ1v) is 9.12. The van der Waals surface area contributed by atoms with Crippen molar-refractivity contribution in [3.63, 3.8) is 0 Å². The number of halogens is 1. The quantitative estimate of drug-likeness (QED) is 0.871. The first kappa shape index (κ1) is 15.2. The Labute approximate surface area is 137 Å². The van der Waals surface area contributed by atoms with Gasteiger partial charge in [-0.05, 0) is 79.7 Å². The number of nitrogens with one attached hydrogen (secondary N) is 1. The Hall–Kier alpha value is -1.38. The summed E-state index contributed by atoms with van der Waals surface area (Å²) in [6, 6.07) is 6.54. The number of carbonyl (C=O) groups is 1. The maximum Gasteiger partial charge on any atom is 0.224 e. The van der Waals surface area contributed by atoms with Gasteiger partial charge in [0.25, 0.3) is 0 Å². The molecule has 0 aliphatic heterocycles. The Morgan fingerprint density at radius 3 is 2.30 bits per heavy atom. The highest BCUT2D eigenvalue weighted by atomic mass is 19.1. The van der Waals surface area contributed by atoms with Crippen LogP contribution in [0.5, 0.6) is 0 Å². The summed E-state index contributed by atoms with van der Waals surface area (Å²) in [6.45, 7) is 0.749. The SMILES string of the molecule is O=C(Cc1ccccc1F)NCCC12CC3CC(CC(C3)C1)C2. The Kier molecular flexibility index (Phi) is 3.90. The van der Waals surface area contributed by atoms with Crippen molar-refractivity contribution in [1.82, 2.24) is 5.32 Å². The van der Waals surface area contributed by atoms with Gasteiger partial charge in [0, 0.05) is 6.54 Å². The van der Waals surface area contributed by atoms with Gasteiger partial charge < -0.3 is 5.32 Å². The normalized spacial score (nSPS) is 34.6. The first-order chi connectivity index (χ1) is 11.1. The van der Waals surface area contributed by atoms with Gasteiger partial charge in [-0.1, -0.05) is 18.2 Å². The van der Waals surface area contributed by atoms with Crippen LogP contribution in [0.2, 0.25) is 0 Å². The third-order valence-corrected chi connectivity index (χ3v) is 6.45. The molecule has 3 heteroatoms. The predicted molar refractivity (Wildman–Crippen MR) is 88.3 cm³/mol. The van der Waals surface area contributed by atoms with Crippen molar-refractivity contribution in [1.29, 1.82) is 0 Å². The van der Waals surface area contributed by atoms with E-state index in [2.05, 4.69) is 5.32 Å². The monoisotopic (exact) mass is 315 g/mol. The molecule has 0 heterocycles. The molecule has 0 radical (unpaired) electrons. The number of benzene rings is 1. The lowest BCUT2D eigenvalue weighted by atomic mass is 9.49. The highest BCUT2D eigenvalue weighted by molar-refractivity contribution is 5.78. The lowest BCUT2D eigenvalue weighted by Crippen LogP contribution is -2.47. The van der Waals surface area contributed by atoms with Gasteiger partial charge in [0.05, 0.1) is 6.42 Å². The summed E-state index contributed by atoms with van der Waals surface area (Å²) in [6.07, 6.45) is 9.76. The minimum absolute atomic E-state index is 0.0557. The Morgan fingerprint density at radius 1 is 1.09 bits per heavy atom. The molecule has 0 unspecified atom stereocenters. The lowest BCUT2D eigenvalue weighted by Gasteiger charge is -2.57. The van der Waals surface area contributed by atoms with Crippen LogP contribution in [0.3, 0.4) is 0 Å². The van der Waals surface area contributed by atoms with E-state index in [0.29, 0.717) is 11.0 Å². The van der Waals surface area contributed by atoms with E-state index in [1.807, 2.05) is 0 Å². The molecule has 1 amide bonds. The molecule has 23 heavy (non-hydrogen) atoms. The molecule has 4 fully saturated rings. The van der Waals surface area contributed by atoms with Crippen LogP contribution in [-0.4, -0.2) is 12.5 Å². The summed E-state index contributed by atoms with van der Waals surface area (Å²) in [5.41, 5.74) is 0.986. The van der Waals surface area contributed by atoms with Gasteiger partial charge in [-0.15, -0.1) is 0 Å². The molecule has 2 nitrogen and oxygen atoms in total. The standard InChI is InChI=1S/C20H26FNO/c21-18-4-2-1-3-17(18)10-19(23)22-6-5-20-11-14-7-15(12-20)9-16(8-14)13-20/h1-4,14-16H,5-13H2,(H,22,23). The van der Waals surface area contributed by atoms with Crippen LogP contribution in [0, 0.1) is 29.0 Å². The molecule has 4 aliphatic carbocycles. The van der Waals surface area contributed by atoms with Gasteiger partial charge in [0.15, 0.2) is 0 Å². The fraction of sp³-hybridized carbons (Fsp3) is 0.650. The second kappa shape index (κ2) is 5.92. The maximum atomic E-state index is 13.6. The first-order valence-electron chi connectivity index (χ1n) is 9.12. The molecule has 124 valence electrons. The Bertz CT molecular complexity index is 562. The highest BCUT2D eigenvalue weighted by Crippen LogP contribution is 2.61. The van der Waals surface area contributed by atoms with Crippen molar-refractivity contribution >= 4 is 5.91 Å². The Morgan fingerprint density at radius 2 is 1.70 bits per heavy atom. The number of hydrogen-bond acceptors (Lipinski definition) is 1. The molecule has 0 spiro atoms. The van der Waals surface area contributed by atoms with Gasteiger partial charge in [0.1, 0.15) is 5.82 Å². The van der Waals surface area contributed by atoms with Gasteiger partial charge in [-0.2, -0.15) is 0 Å². The van der Waals surface area contributed by atoms with Crippen LogP contribution in [-0.2, 0) is 11.2 Å². The summed E-state index contributed by atoms with van der Waals surface area (Å²) in [4.78, 5) is 12.1. The van der Waals surface area contributed by atoms with Crippen LogP contribution in [0.4, 0.5) is 4.39 Å². The van der Waals surface area contributed by atoms with E-state index >= 15 is 0 Å². The second-order valence-electron chi connectivity index (χ2n) is 8.29. The summed E-state index contributed by atoms with van der Waals surface area (Å²) in [7, 11) is 0. The zero-order chi connectivity index (χ0) is 15.9. The molecular formula is C20H26FNO. The largest absolute Gasteiger partial charge is 0.356 e. The molecule has 0 saturated heterocycles. The summed E-state index contributed by atoms with van der Waals surface area (Å²) < 4.78 is 13.6. The molecule has 1 aromatic carbocycles.